The Bertz CT molecular complexity index is 650. The number of allylic oxidation sites excluding steroid dienone is 2. The van der Waals surface area contributed by atoms with Crippen LogP contribution in [0.1, 0.15) is 6.92 Å². The molecule has 8 nitrogen and oxygen atoms in total. The molecule has 0 aromatic heterocycles. The van der Waals surface area contributed by atoms with Crippen molar-refractivity contribution in [1.82, 2.24) is 0 Å². The van der Waals surface area contributed by atoms with Crippen LogP contribution in [0.4, 0.5) is 0 Å². The van der Waals surface area contributed by atoms with Gasteiger partial charge in [-0.15, -0.1) is 0 Å². The first kappa shape index (κ1) is 15.5. The molecule has 0 spiro atoms. The summed E-state index contributed by atoms with van der Waals surface area (Å²) in [6.07, 6.45) is 1.64. The molecule has 8 atom stereocenters. The van der Waals surface area contributed by atoms with E-state index in [4.69, 9.17) is 0 Å². The molecule has 2 saturated carbocycles. The lowest BCUT2D eigenvalue weighted by Gasteiger charge is -2.63. The molecule has 0 amide bonds. The van der Waals surface area contributed by atoms with E-state index in [1.807, 2.05) is 0 Å². The van der Waals surface area contributed by atoms with E-state index >= 15 is 0 Å². The van der Waals surface area contributed by atoms with Gasteiger partial charge in [0.15, 0.2) is 0 Å². The normalized spacial score (nSPS) is 43.8. The van der Waals surface area contributed by atoms with Crippen LogP contribution in [0.5, 0.6) is 0 Å². The summed E-state index contributed by atoms with van der Waals surface area (Å²) in [5.74, 6) is -12.7. The summed E-state index contributed by atoms with van der Waals surface area (Å²) in [4.78, 5) is 46.1. The first-order valence-corrected chi connectivity index (χ1v) is 7.28. The van der Waals surface area contributed by atoms with Gasteiger partial charge < -0.3 is 20.4 Å². The summed E-state index contributed by atoms with van der Waals surface area (Å²) in [7, 11) is 0. The first-order chi connectivity index (χ1) is 10.7. The van der Waals surface area contributed by atoms with Gasteiger partial charge in [0.05, 0.1) is 23.7 Å². The standard InChI is InChI=1S/C15H16O8/c1-3-2-4-6-8(11(15(22)23)10(6)14(20)21)5(3)9(13(18)19)7(4)12(16)17/h2,4-11H,1H3,(H,16,17)(H,18,19)(H,20,21)(H,22,23). The predicted molar refractivity (Wildman–Crippen MR) is 72.2 cm³/mol. The van der Waals surface area contributed by atoms with Crippen molar-refractivity contribution < 1.29 is 39.6 Å². The molecule has 8 heteroatoms. The zero-order valence-electron chi connectivity index (χ0n) is 12.1. The average Bonchev–Trinajstić information content (AvgIpc) is 2.36. The summed E-state index contributed by atoms with van der Waals surface area (Å²) >= 11 is 0. The van der Waals surface area contributed by atoms with Gasteiger partial charge in [-0.05, 0) is 30.6 Å². The highest BCUT2D eigenvalue weighted by atomic mass is 16.4. The maximum Gasteiger partial charge on any atom is 0.308 e. The maximum absolute atomic E-state index is 11.6. The Labute approximate surface area is 130 Å². The zero-order chi connectivity index (χ0) is 17.2. The highest BCUT2D eigenvalue weighted by molar-refractivity contribution is 5.86. The molecular weight excluding hydrogens is 308 g/mol. The Morgan fingerprint density at radius 1 is 0.739 bits per heavy atom. The van der Waals surface area contributed by atoms with Gasteiger partial charge in [-0.2, -0.15) is 0 Å². The number of aliphatic carboxylic acids is 4. The number of hydrogen-bond acceptors (Lipinski definition) is 4. The summed E-state index contributed by atoms with van der Waals surface area (Å²) in [6, 6.07) is 0. The molecule has 8 unspecified atom stereocenters. The molecule has 2 fully saturated rings. The molecule has 0 aromatic carbocycles. The third-order valence-electron chi connectivity index (χ3n) is 5.83. The third-order valence-corrected chi connectivity index (χ3v) is 5.83. The van der Waals surface area contributed by atoms with E-state index in [-0.39, 0.29) is 0 Å². The zero-order valence-corrected chi connectivity index (χ0v) is 12.1. The van der Waals surface area contributed by atoms with Crippen molar-refractivity contribution in [3.8, 4) is 0 Å². The van der Waals surface area contributed by atoms with Crippen molar-refractivity contribution in [3.63, 3.8) is 0 Å². The Morgan fingerprint density at radius 2 is 1.17 bits per heavy atom. The number of carboxylic acid groups (broad SMARTS) is 4. The van der Waals surface area contributed by atoms with Gasteiger partial charge >= 0.3 is 23.9 Å². The van der Waals surface area contributed by atoms with Crippen molar-refractivity contribution >= 4 is 23.9 Å². The topological polar surface area (TPSA) is 149 Å². The second-order valence-electron chi connectivity index (χ2n) is 6.62. The molecule has 4 aliphatic carbocycles. The average molecular weight is 324 g/mol. The lowest BCUT2D eigenvalue weighted by atomic mass is 9.38. The van der Waals surface area contributed by atoms with Gasteiger partial charge in [0.2, 0.25) is 0 Å². The largest absolute Gasteiger partial charge is 0.481 e. The van der Waals surface area contributed by atoms with Crippen LogP contribution in [-0.2, 0) is 19.2 Å². The van der Waals surface area contributed by atoms with Crippen molar-refractivity contribution in [2.45, 2.75) is 6.92 Å². The van der Waals surface area contributed by atoms with E-state index in [0.717, 1.165) is 0 Å². The molecule has 124 valence electrons. The molecule has 4 rings (SSSR count). The van der Waals surface area contributed by atoms with E-state index < -0.39 is 71.2 Å². The van der Waals surface area contributed by atoms with Gasteiger partial charge in [-0.1, -0.05) is 11.6 Å². The molecule has 0 radical (unpaired) electrons. The number of fused-ring (bicyclic) bond motifs is 1. The summed E-state index contributed by atoms with van der Waals surface area (Å²) in [6.45, 7) is 1.66. The quantitative estimate of drug-likeness (QED) is 0.537. The lowest BCUT2D eigenvalue weighted by Crippen LogP contribution is -2.68. The summed E-state index contributed by atoms with van der Waals surface area (Å²) < 4.78 is 0. The van der Waals surface area contributed by atoms with E-state index in [2.05, 4.69) is 0 Å². The molecular formula is C15H16O8. The van der Waals surface area contributed by atoms with Crippen molar-refractivity contribution in [2.24, 2.45) is 47.3 Å². The Hall–Kier alpha value is -2.38. The molecule has 0 aliphatic heterocycles. The first-order valence-electron chi connectivity index (χ1n) is 7.28. The van der Waals surface area contributed by atoms with E-state index in [1.165, 1.54) is 0 Å². The highest BCUT2D eigenvalue weighted by Crippen LogP contribution is 2.66. The minimum Gasteiger partial charge on any atom is -0.481 e. The van der Waals surface area contributed by atoms with Gasteiger partial charge in [0, 0.05) is 0 Å². The molecule has 0 saturated heterocycles. The second-order valence-corrected chi connectivity index (χ2v) is 6.62. The Kier molecular flexibility index (Phi) is 3.24. The number of carbonyl (C=O) groups is 4. The SMILES string of the molecule is CC1=CC2C(C(=O)O)C(C(=O)O)C1C1C(C(=O)O)C(C(=O)O)C21. The van der Waals surface area contributed by atoms with E-state index in [0.29, 0.717) is 5.57 Å². The maximum atomic E-state index is 11.6. The van der Waals surface area contributed by atoms with Crippen LogP contribution in [0, 0.1) is 47.3 Å². The third kappa shape index (κ3) is 1.83. The fourth-order valence-electron chi connectivity index (χ4n) is 5.19. The minimum absolute atomic E-state index is 0.639. The lowest BCUT2D eigenvalue weighted by molar-refractivity contribution is -0.207. The Morgan fingerprint density at radius 3 is 1.61 bits per heavy atom. The fourth-order valence-corrected chi connectivity index (χ4v) is 5.19. The number of hydrogen-bond donors (Lipinski definition) is 4. The second kappa shape index (κ2) is 4.81. The van der Waals surface area contributed by atoms with Crippen molar-refractivity contribution in [3.05, 3.63) is 11.6 Å². The number of rotatable bonds is 4. The van der Waals surface area contributed by atoms with Gasteiger partial charge in [0.25, 0.3) is 0 Å². The molecule has 4 aliphatic rings. The monoisotopic (exact) mass is 324 g/mol. The molecule has 0 heterocycles. The molecule has 4 N–H and O–H groups in total. The Balaban J connectivity index is 2.12. The van der Waals surface area contributed by atoms with Crippen LogP contribution in [0.25, 0.3) is 0 Å². The van der Waals surface area contributed by atoms with Crippen LogP contribution in [0.3, 0.4) is 0 Å². The van der Waals surface area contributed by atoms with Gasteiger partial charge in [-0.3, -0.25) is 19.2 Å². The molecule has 2 bridgehead atoms. The van der Waals surface area contributed by atoms with Gasteiger partial charge in [-0.25, -0.2) is 0 Å². The highest BCUT2D eigenvalue weighted by Gasteiger charge is 2.71. The van der Waals surface area contributed by atoms with Crippen molar-refractivity contribution in [1.29, 1.82) is 0 Å². The fraction of sp³-hybridized carbons (Fsp3) is 0.600. The smallest absolute Gasteiger partial charge is 0.308 e. The minimum atomic E-state index is -1.28. The van der Waals surface area contributed by atoms with E-state index in [9.17, 15) is 39.6 Å². The molecule has 0 aromatic rings. The van der Waals surface area contributed by atoms with Crippen LogP contribution >= 0.6 is 0 Å². The van der Waals surface area contributed by atoms with Crippen molar-refractivity contribution in [2.75, 3.05) is 0 Å². The van der Waals surface area contributed by atoms with Gasteiger partial charge in [0.1, 0.15) is 0 Å². The van der Waals surface area contributed by atoms with E-state index in [1.54, 1.807) is 13.0 Å². The van der Waals surface area contributed by atoms with Crippen LogP contribution in [0.2, 0.25) is 0 Å². The van der Waals surface area contributed by atoms with Crippen LogP contribution in [0.15, 0.2) is 11.6 Å². The summed E-state index contributed by atoms with van der Waals surface area (Å²) in [5, 5.41) is 37.6. The molecule has 23 heavy (non-hydrogen) atoms. The van der Waals surface area contributed by atoms with Crippen LogP contribution in [-0.4, -0.2) is 44.3 Å². The van der Waals surface area contributed by atoms with Crippen LogP contribution < -0.4 is 0 Å². The predicted octanol–water partition coefficient (Wildman–Crippen LogP) is 0.242. The summed E-state index contributed by atoms with van der Waals surface area (Å²) in [5.41, 5.74) is 0.649. The number of carboxylic acids is 4.